The fourth-order valence-electron chi connectivity index (χ4n) is 2.15. The van der Waals surface area contributed by atoms with Gasteiger partial charge in [-0.15, -0.1) is 0 Å². The molecule has 0 aromatic heterocycles. The summed E-state index contributed by atoms with van der Waals surface area (Å²) >= 11 is 0. The highest BCUT2D eigenvalue weighted by Gasteiger charge is 2.08. The third-order valence-corrected chi connectivity index (χ3v) is 3.45. The van der Waals surface area contributed by atoms with Crippen LogP contribution in [0.5, 0.6) is 23.0 Å². The second kappa shape index (κ2) is 6.53. The van der Waals surface area contributed by atoms with E-state index in [2.05, 4.69) is 32.9 Å². The van der Waals surface area contributed by atoms with Crippen molar-refractivity contribution in [2.45, 2.75) is 26.7 Å². The Bertz CT molecular complexity index is 618. The monoisotopic (exact) mass is 286 g/mol. The Morgan fingerprint density at radius 2 is 1.48 bits per heavy atom. The van der Waals surface area contributed by atoms with Crippen molar-refractivity contribution in [2.24, 2.45) is 0 Å². The zero-order valence-electron chi connectivity index (χ0n) is 13.3. The summed E-state index contributed by atoms with van der Waals surface area (Å²) in [5, 5.41) is 0. The Labute approximate surface area is 126 Å². The quantitative estimate of drug-likeness (QED) is 0.780. The first-order valence-corrected chi connectivity index (χ1v) is 7.05. The van der Waals surface area contributed by atoms with Crippen LogP contribution in [-0.4, -0.2) is 14.2 Å². The predicted molar refractivity (Wildman–Crippen MR) is 84.9 cm³/mol. The first kappa shape index (κ1) is 15.2. The van der Waals surface area contributed by atoms with Gasteiger partial charge in [0.25, 0.3) is 0 Å². The van der Waals surface area contributed by atoms with Gasteiger partial charge in [-0.3, -0.25) is 0 Å². The van der Waals surface area contributed by atoms with E-state index in [0.717, 1.165) is 17.1 Å². The lowest BCUT2D eigenvalue weighted by Crippen LogP contribution is -1.94. The normalized spacial score (nSPS) is 10.6. The molecule has 0 aliphatic rings. The average molecular weight is 286 g/mol. The number of hydrogen-bond acceptors (Lipinski definition) is 3. The van der Waals surface area contributed by atoms with Gasteiger partial charge in [0.1, 0.15) is 11.5 Å². The number of ether oxygens (including phenoxy) is 3. The van der Waals surface area contributed by atoms with E-state index in [1.165, 1.54) is 5.56 Å². The second-order valence-corrected chi connectivity index (χ2v) is 5.30. The molecule has 3 nitrogen and oxygen atoms in total. The highest BCUT2D eigenvalue weighted by molar-refractivity contribution is 5.48. The SMILES string of the molecule is COc1ccc(Oc2ccc(C(C)C)cc2C)cc1OC. The van der Waals surface area contributed by atoms with Gasteiger partial charge in [0.15, 0.2) is 11.5 Å². The molecule has 2 rings (SSSR count). The molecule has 0 bridgehead atoms. The van der Waals surface area contributed by atoms with Crippen LogP contribution < -0.4 is 14.2 Å². The fourth-order valence-corrected chi connectivity index (χ4v) is 2.15. The maximum Gasteiger partial charge on any atom is 0.164 e. The summed E-state index contributed by atoms with van der Waals surface area (Å²) in [4.78, 5) is 0. The number of rotatable bonds is 5. The molecule has 0 saturated carbocycles. The van der Waals surface area contributed by atoms with E-state index in [4.69, 9.17) is 14.2 Å². The Balaban J connectivity index is 2.26. The molecule has 0 aliphatic carbocycles. The molecule has 0 spiro atoms. The highest BCUT2D eigenvalue weighted by Crippen LogP contribution is 2.34. The van der Waals surface area contributed by atoms with Crippen molar-refractivity contribution in [3.63, 3.8) is 0 Å². The minimum Gasteiger partial charge on any atom is -0.493 e. The van der Waals surface area contributed by atoms with E-state index in [0.29, 0.717) is 17.4 Å². The largest absolute Gasteiger partial charge is 0.493 e. The molecule has 112 valence electrons. The Morgan fingerprint density at radius 1 is 0.810 bits per heavy atom. The van der Waals surface area contributed by atoms with Gasteiger partial charge in [0.2, 0.25) is 0 Å². The molecule has 0 unspecified atom stereocenters. The van der Waals surface area contributed by atoms with Gasteiger partial charge in [-0.05, 0) is 42.2 Å². The molecule has 0 fully saturated rings. The highest BCUT2D eigenvalue weighted by atomic mass is 16.5. The number of aryl methyl sites for hydroxylation is 1. The van der Waals surface area contributed by atoms with Crippen LogP contribution in [-0.2, 0) is 0 Å². The molecule has 0 radical (unpaired) electrons. The summed E-state index contributed by atoms with van der Waals surface area (Å²) in [6.07, 6.45) is 0. The molecular formula is C18H22O3. The van der Waals surface area contributed by atoms with Gasteiger partial charge in [0.05, 0.1) is 14.2 Å². The van der Waals surface area contributed by atoms with E-state index in [1.54, 1.807) is 14.2 Å². The van der Waals surface area contributed by atoms with E-state index in [1.807, 2.05) is 24.3 Å². The molecular weight excluding hydrogens is 264 g/mol. The molecule has 0 heterocycles. The molecule has 0 aliphatic heterocycles. The molecule has 0 saturated heterocycles. The fraction of sp³-hybridized carbons (Fsp3) is 0.333. The third-order valence-electron chi connectivity index (χ3n) is 3.45. The molecule has 0 amide bonds. The lowest BCUT2D eigenvalue weighted by molar-refractivity contribution is 0.352. The van der Waals surface area contributed by atoms with Crippen LogP contribution in [0.1, 0.15) is 30.9 Å². The topological polar surface area (TPSA) is 27.7 Å². The van der Waals surface area contributed by atoms with Crippen molar-refractivity contribution in [1.82, 2.24) is 0 Å². The number of benzene rings is 2. The standard InChI is InChI=1S/C18H22O3/c1-12(2)14-6-8-16(13(3)10-14)21-15-7-9-17(19-4)18(11-15)20-5/h6-12H,1-5H3. The van der Waals surface area contributed by atoms with Gasteiger partial charge in [0, 0.05) is 6.07 Å². The third kappa shape index (κ3) is 3.48. The van der Waals surface area contributed by atoms with Crippen LogP contribution in [0.15, 0.2) is 36.4 Å². The Hall–Kier alpha value is -2.16. The van der Waals surface area contributed by atoms with Crippen LogP contribution in [0.3, 0.4) is 0 Å². The molecule has 21 heavy (non-hydrogen) atoms. The van der Waals surface area contributed by atoms with Crippen LogP contribution in [0.4, 0.5) is 0 Å². The molecule has 0 atom stereocenters. The van der Waals surface area contributed by atoms with E-state index in [9.17, 15) is 0 Å². The maximum absolute atomic E-state index is 5.95. The van der Waals surface area contributed by atoms with Gasteiger partial charge >= 0.3 is 0 Å². The van der Waals surface area contributed by atoms with Gasteiger partial charge in [-0.2, -0.15) is 0 Å². The lowest BCUT2D eigenvalue weighted by Gasteiger charge is -2.13. The Kier molecular flexibility index (Phi) is 4.73. The van der Waals surface area contributed by atoms with Crippen molar-refractivity contribution < 1.29 is 14.2 Å². The molecule has 0 N–H and O–H groups in total. The van der Waals surface area contributed by atoms with Crippen molar-refractivity contribution in [3.8, 4) is 23.0 Å². The summed E-state index contributed by atoms with van der Waals surface area (Å²) in [6.45, 7) is 6.43. The van der Waals surface area contributed by atoms with E-state index in [-0.39, 0.29) is 0 Å². The minimum atomic E-state index is 0.513. The van der Waals surface area contributed by atoms with Gasteiger partial charge in [-0.1, -0.05) is 26.0 Å². The van der Waals surface area contributed by atoms with Crippen molar-refractivity contribution in [1.29, 1.82) is 0 Å². The Morgan fingerprint density at radius 3 is 2.05 bits per heavy atom. The number of hydrogen-bond donors (Lipinski definition) is 0. The van der Waals surface area contributed by atoms with Crippen molar-refractivity contribution in [2.75, 3.05) is 14.2 Å². The summed E-state index contributed by atoms with van der Waals surface area (Å²) in [5.74, 6) is 3.45. The summed E-state index contributed by atoms with van der Waals surface area (Å²) in [5.41, 5.74) is 2.43. The van der Waals surface area contributed by atoms with E-state index >= 15 is 0 Å². The zero-order valence-corrected chi connectivity index (χ0v) is 13.3. The maximum atomic E-state index is 5.95. The predicted octanol–water partition coefficient (Wildman–Crippen LogP) is 4.93. The minimum absolute atomic E-state index is 0.513. The second-order valence-electron chi connectivity index (χ2n) is 5.30. The van der Waals surface area contributed by atoms with Crippen LogP contribution >= 0.6 is 0 Å². The van der Waals surface area contributed by atoms with Crippen LogP contribution in [0.2, 0.25) is 0 Å². The molecule has 2 aromatic rings. The van der Waals surface area contributed by atoms with Crippen LogP contribution in [0.25, 0.3) is 0 Å². The van der Waals surface area contributed by atoms with E-state index < -0.39 is 0 Å². The first-order chi connectivity index (χ1) is 10.0. The van der Waals surface area contributed by atoms with Gasteiger partial charge < -0.3 is 14.2 Å². The van der Waals surface area contributed by atoms with Crippen LogP contribution in [0, 0.1) is 6.92 Å². The first-order valence-electron chi connectivity index (χ1n) is 7.05. The summed E-state index contributed by atoms with van der Waals surface area (Å²) in [6, 6.07) is 11.8. The molecule has 3 heteroatoms. The number of methoxy groups -OCH3 is 2. The molecule has 2 aromatic carbocycles. The summed E-state index contributed by atoms with van der Waals surface area (Å²) in [7, 11) is 3.23. The lowest BCUT2D eigenvalue weighted by atomic mass is 10.0. The van der Waals surface area contributed by atoms with Gasteiger partial charge in [-0.25, -0.2) is 0 Å². The zero-order chi connectivity index (χ0) is 15.4. The average Bonchev–Trinajstić information content (AvgIpc) is 2.48. The van der Waals surface area contributed by atoms with Crippen molar-refractivity contribution in [3.05, 3.63) is 47.5 Å². The summed E-state index contributed by atoms with van der Waals surface area (Å²) < 4.78 is 16.5. The van der Waals surface area contributed by atoms with Crippen molar-refractivity contribution >= 4 is 0 Å². The smallest absolute Gasteiger partial charge is 0.164 e.